The van der Waals surface area contributed by atoms with E-state index in [0.29, 0.717) is 22.8 Å². The minimum Gasteiger partial charge on any atom is -0.366 e. The van der Waals surface area contributed by atoms with Crippen LogP contribution in [0.25, 0.3) is 0 Å². The molecule has 5 heteroatoms. The molecular weight excluding hydrogens is 212 g/mol. The summed E-state index contributed by atoms with van der Waals surface area (Å²) in [6.45, 7) is 7.04. The molecule has 0 aromatic carbocycles. The van der Waals surface area contributed by atoms with Gasteiger partial charge < -0.3 is 10.6 Å². The Morgan fingerprint density at radius 2 is 2.20 bits per heavy atom. The van der Waals surface area contributed by atoms with Crippen LogP contribution >= 0.6 is 11.6 Å². The third-order valence-corrected chi connectivity index (χ3v) is 1.98. The van der Waals surface area contributed by atoms with Crippen LogP contribution < -0.4 is 10.6 Å². The molecule has 1 rings (SSSR count). The zero-order valence-corrected chi connectivity index (χ0v) is 10.1. The van der Waals surface area contributed by atoms with Gasteiger partial charge in [-0.25, -0.2) is 4.98 Å². The first-order valence-corrected chi connectivity index (χ1v) is 5.54. The Kier molecular flexibility index (Phi) is 4.62. The molecule has 1 heterocycles. The standard InChI is InChI=1S/C10H17ClN4/c1-4-5-12-10-13-6-8(11)9(15-10)14-7(2)3/h6-7H,4-5H2,1-3H3,(H2,12,13,14,15). The van der Waals surface area contributed by atoms with Gasteiger partial charge >= 0.3 is 0 Å². The van der Waals surface area contributed by atoms with Crippen LogP contribution in [-0.4, -0.2) is 22.6 Å². The minimum absolute atomic E-state index is 0.302. The fraction of sp³-hybridized carbons (Fsp3) is 0.600. The van der Waals surface area contributed by atoms with Crippen LogP contribution in [0.1, 0.15) is 27.2 Å². The quantitative estimate of drug-likeness (QED) is 0.814. The van der Waals surface area contributed by atoms with Gasteiger partial charge in [-0.15, -0.1) is 0 Å². The van der Waals surface area contributed by atoms with Crippen molar-refractivity contribution in [1.29, 1.82) is 0 Å². The smallest absolute Gasteiger partial charge is 0.224 e. The van der Waals surface area contributed by atoms with Crippen LogP contribution in [0.15, 0.2) is 6.20 Å². The predicted molar refractivity (Wildman–Crippen MR) is 64.6 cm³/mol. The summed E-state index contributed by atoms with van der Waals surface area (Å²) < 4.78 is 0. The van der Waals surface area contributed by atoms with Gasteiger partial charge in [-0.2, -0.15) is 4.98 Å². The van der Waals surface area contributed by atoms with E-state index in [4.69, 9.17) is 11.6 Å². The lowest BCUT2D eigenvalue weighted by Crippen LogP contribution is -2.13. The Balaban J connectivity index is 2.75. The molecule has 0 amide bonds. The molecule has 2 N–H and O–H groups in total. The first-order valence-electron chi connectivity index (χ1n) is 5.16. The molecule has 84 valence electrons. The van der Waals surface area contributed by atoms with E-state index in [0.717, 1.165) is 13.0 Å². The summed E-state index contributed by atoms with van der Waals surface area (Å²) in [7, 11) is 0. The molecule has 0 aliphatic carbocycles. The van der Waals surface area contributed by atoms with Crippen molar-refractivity contribution in [3.05, 3.63) is 11.2 Å². The number of nitrogens with zero attached hydrogens (tertiary/aromatic N) is 2. The number of rotatable bonds is 5. The molecule has 0 saturated carbocycles. The van der Waals surface area contributed by atoms with E-state index < -0.39 is 0 Å². The summed E-state index contributed by atoms with van der Waals surface area (Å²) in [5, 5.41) is 6.83. The van der Waals surface area contributed by atoms with Crippen molar-refractivity contribution in [3.63, 3.8) is 0 Å². The summed E-state index contributed by atoms with van der Waals surface area (Å²) in [5.41, 5.74) is 0. The van der Waals surface area contributed by atoms with Crippen LogP contribution in [0.3, 0.4) is 0 Å². The second kappa shape index (κ2) is 5.75. The van der Waals surface area contributed by atoms with Crippen LogP contribution in [0, 0.1) is 0 Å². The maximum absolute atomic E-state index is 5.96. The second-order valence-electron chi connectivity index (χ2n) is 3.62. The fourth-order valence-corrected chi connectivity index (χ4v) is 1.21. The van der Waals surface area contributed by atoms with Crippen molar-refractivity contribution in [3.8, 4) is 0 Å². The molecule has 0 atom stereocenters. The molecular formula is C10H17ClN4. The van der Waals surface area contributed by atoms with E-state index in [2.05, 4.69) is 27.5 Å². The normalized spacial score (nSPS) is 10.5. The van der Waals surface area contributed by atoms with Crippen molar-refractivity contribution in [2.45, 2.75) is 33.2 Å². The Labute approximate surface area is 95.5 Å². The number of hydrogen-bond acceptors (Lipinski definition) is 4. The molecule has 1 aromatic heterocycles. The summed E-state index contributed by atoms with van der Waals surface area (Å²) in [4.78, 5) is 8.37. The van der Waals surface area contributed by atoms with Crippen LogP contribution in [-0.2, 0) is 0 Å². The molecule has 0 spiro atoms. The van der Waals surface area contributed by atoms with E-state index in [1.54, 1.807) is 6.20 Å². The van der Waals surface area contributed by atoms with Crippen LogP contribution in [0.5, 0.6) is 0 Å². The highest BCUT2D eigenvalue weighted by Crippen LogP contribution is 2.19. The molecule has 0 bridgehead atoms. The zero-order chi connectivity index (χ0) is 11.3. The van der Waals surface area contributed by atoms with E-state index in [-0.39, 0.29) is 0 Å². The van der Waals surface area contributed by atoms with Gasteiger partial charge in [-0.3, -0.25) is 0 Å². The number of hydrogen-bond donors (Lipinski definition) is 2. The highest BCUT2D eigenvalue weighted by Gasteiger charge is 2.05. The van der Waals surface area contributed by atoms with Gasteiger partial charge in [-0.1, -0.05) is 18.5 Å². The highest BCUT2D eigenvalue weighted by molar-refractivity contribution is 6.32. The van der Waals surface area contributed by atoms with Crippen LogP contribution in [0.2, 0.25) is 5.02 Å². The van der Waals surface area contributed by atoms with Crippen molar-refractivity contribution in [2.24, 2.45) is 0 Å². The SMILES string of the molecule is CCCNc1ncc(Cl)c(NC(C)C)n1. The Morgan fingerprint density at radius 1 is 1.47 bits per heavy atom. The number of halogens is 1. The van der Waals surface area contributed by atoms with Crippen LogP contribution in [0.4, 0.5) is 11.8 Å². The number of nitrogens with one attached hydrogen (secondary N) is 2. The summed E-state index contributed by atoms with van der Waals surface area (Å²) in [6, 6.07) is 0.302. The van der Waals surface area contributed by atoms with Gasteiger partial charge in [0.2, 0.25) is 5.95 Å². The van der Waals surface area contributed by atoms with E-state index >= 15 is 0 Å². The summed E-state index contributed by atoms with van der Waals surface area (Å²) in [5.74, 6) is 1.30. The lowest BCUT2D eigenvalue weighted by molar-refractivity contribution is 0.883. The number of aromatic nitrogens is 2. The molecule has 15 heavy (non-hydrogen) atoms. The van der Waals surface area contributed by atoms with E-state index in [1.165, 1.54) is 0 Å². The molecule has 0 aliphatic heterocycles. The molecule has 0 radical (unpaired) electrons. The van der Waals surface area contributed by atoms with Crippen molar-refractivity contribution < 1.29 is 0 Å². The first kappa shape index (κ1) is 12.0. The summed E-state index contributed by atoms with van der Waals surface area (Å²) in [6.07, 6.45) is 2.65. The zero-order valence-electron chi connectivity index (χ0n) is 9.34. The topological polar surface area (TPSA) is 49.8 Å². The van der Waals surface area contributed by atoms with Gasteiger partial charge in [0.1, 0.15) is 5.02 Å². The van der Waals surface area contributed by atoms with E-state index in [9.17, 15) is 0 Å². The van der Waals surface area contributed by atoms with Gasteiger partial charge in [0.25, 0.3) is 0 Å². The molecule has 0 saturated heterocycles. The predicted octanol–water partition coefficient (Wildman–Crippen LogP) is 2.77. The molecule has 4 nitrogen and oxygen atoms in total. The molecule has 0 unspecified atom stereocenters. The lowest BCUT2D eigenvalue weighted by Gasteiger charge is -2.11. The highest BCUT2D eigenvalue weighted by atomic mass is 35.5. The van der Waals surface area contributed by atoms with Crippen molar-refractivity contribution in [1.82, 2.24) is 9.97 Å². The van der Waals surface area contributed by atoms with E-state index in [1.807, 2.05) is 13.8 Å². The van der Waals surface area contributed by atoms with Crippen molar-refractivity contribution in [2.75, 3.05) is 17.2 Å². The number of anilines is 2. The maximum Gasteiger partial charge on any atom is 0.224 e. The third-order valence-electron chi connectivity index (χ3n) is 1.70. The monoisotopic (exact) mass is 228 g/mol. The molecule has 0 aliphatic rings. The fourth-order valence-electron chi connectivity index (χ4n) is 1.06. The minimum atomic E-state index is 0.302. The van der Waals surface area contributed by atoms with Gasteiger partial charge in [-0.05, 0) is 20.3 Å². The van der Waals surface area contributed by atoms with Gasteiger partial charge in [0.15, 0.2) is 5.82 Å². The Morgan fingerprint density at radius 3 is 2.80 bits per heavy atom. The first-order chi connectivity index (χ1) is 7.13. The average Bonchev–Trinajstić information content (AvgIpc) is 2.18. The lowest BCUT2D eigenvalue weighted by atomic mass is 10.4. The van der Waals surface area contributed by atoms with Crippen molar-refractivity contribution >= 4 is 23.4 Å². The third kappa shape index (κ3) is 3.91. The second-order valence-corrected chi connectivity index (χ2v) is 4.02. The Bertz CT molecular complexity index is 314. The Hall–Kier alpha value is -1.03. The summed E-state index contributed by atoms with van der Waals surface area (Å²) >= 11 is 5.96. The maximum atomic E-state index is 5.96. The molecule has 1 aromatic rings. The largest absolute Gasteiger partial charge is 0.366 e. The average molecular weight is 229 g/mol. The van der Waals surface area contributed by atoms with Gasteiger partial charge in [0.05, 0.1) is 6.20 Å². The molecule has 0 fully saturated rings. The van der Waals surface area contributed by atoms with Gasteiger partial charge in [0, 0.05) is 12.6 Å².